The van der Waals surface area contributed by atoms with Crippen molar-refractivity contribution < 1.29 is 44.7 Å². The number of benzene rings is 1. The van der Waals surface area contributed by atoms with Gasteiger partial charge in [0, 0.05) is 56.2 Å². The first kappa shape index (κ1) is 31.5. The molecule has 228 valence electrons. The number of alkyl halides is 5. The van der Waals surface area contributed by atoms with Crippen molar-refractivity contribution in [2.75, 3.05) is 44.9 Å². The number of hydrogen-bond donors (Lipinski definition) is 2. The first-order valence-electron chi connectivity index (χ1n) is 12.9. The van der Waals surface area contributed by atoms with Crippen LogP contribution in [0.15, 0.2) is 48.2 Å². The van der Waals surface area contributed by atoms with E-state index in [4.69, 9.17) is 4.74 Å². The summed E-state index contributed by atoms with van der Waals surface area (Å²) in [4.78, 5) is 31.4. The minimum absolute atomic E-state index is 0.167. The van der Waals surface area contributed by atoms with E-state index in [2.05, 4.69) is 20.5 Å². The quantitative estimate of drug-likeness (QED) is 0.416. The zero-order valence-electron chi connectivity index (χ0n) is 22.5. The van der Waals surface area contributed by atoms with E-state index in [-0.39, 0.29) is 22.4 Å². The molecule has 1 fully saturated rings. The minimum Gasteiger partial charge on any atom is -0.379 e. The van der Waals surface area contributed by atoms with Crippen molar-refractivity contribution in [3.63, 3.8) is 0 Å². The molecule has 1 atom stereocenters. The highest BCUT2D eigenvalue weighted by Gasteiger charge is 2.59. The molecule has 0 saturated carbocycles. The fourth-order valence-electron chi connectivity index (χ4n) is 4.86. The van der Waals surface area contributed by atoms with Crippen molar-refractivity contribution in [2.45, 2.75) is 31.1 Å². The molecule has 2 amide bonds. The monoisotopic (exact) mass is 616 g/mol. The lowest BCUT2D eigenvalue weighted by atomic mass is 9.77. The summed E-state index contributed by atoms with van der Waals surface area (Å²) in [5.74, 6) is -3.05. The first-order valence-corrected chi connectivity index (χ1v) is 14.9. The number of morpholine rings is 1. The molecule has 2 aliphatic heterocycles. The Bertz CT molecular complexity index is 1440. The van der Waals surface area contributed by atoms with E-state index in [0.29, 0.717) is 32.8 Å². The van der Waals surface area contributed by atoms with Gasteiger partial charge >= 0.3 is 6.18 Å². The summed E-state index contributed by atoms with van der Waals surface area (Å²) in [5, 5.41) is 4.31. The average molecular weight is 617 g/mol. The maximum absolute atomic E-state index is 14.9. The molecule has 0 unspecified atom stereocenters. The van der Waals surface area contributed by atoms with Gasteiger partial charge in [0.25, 0.3) is 6.43 Å². The van der Waals surface area contributed by atoms with Gasteiger partial charge in [-0.1, -0.05) is 24.3 Å². The SMILES string of the molecule is CS(=O)(=O)CC(=O)NCC1=C(c2ccc(C(F)F)cn2)C[C@](c2ccc(CN3CCOCC3)cc2)(C(F)(F)F)NC1=O. The summed E-state index contributed by atoms with van der Waals surface area (Å²) in [7, 11) is -3.73. The van der Waals surface area contributed by atoms with E-state index in [1.165, 1.54) is 12.1 Å². The Morgan fingerprint density at radius 1 is 1.14 bits per heavy atom. The van der Waals surface area contributed by atoms with E-state index in [9.17, 15) is 40.0 Å². The number of sulfone groups is 1. The van der Waals surface area contributed by atoms with Gasteiger partial charge in [0.15, 0.2) is 15.4 Å². The third-order valence-electron chi connectivity index (χ3n) is 7.05. The molecular weight excluding hydrogens is 587 g/mol. The number of amides is 2. The van der Waals surface area contributed by atoms with Crippen molar-refractivity contribution in [3.8, 4) is 0 Å². The van der Waals surface area contributed by atoms with Crippen molar-refractivity contribution in [2.24, 2.45) is 0 Å². The fraction of sp³-hybridized carbons (Fsp3) is 0.444. The normalized spacial score (nSPS) is 20.5. The molecule has 4 rings (SSSR count). The van der Waals surface area contributed by atoms with Gasteiger partial charge in [-0.15, -0.1) is 0 Å². The van der Waals surface area contributed by atoms with Crippen LogP contribution in [0.4, 0.5) is 22.0 Å². The maximum Gasteiger partial charge on any atom is 0.416 e. The lowest BCUT2D eigenvalue weighted by Gasteiger charge is -2.41. The van der Waals surface area contributed by atoms with Crippen molar-refractivity contribution in [1.29, 1.82) is 0 Å². The Hall–Kier alpha value is -3.43. The number of nitrogens with one attached hydrogen (secondary N) is 2. The van der Waals surface area contributed by atoms with Crippen LogP contribution in [0.3, 0.4) is 0 Å². The number of rotatable bonds is 9. The number of nitrogens with zero attached hydrogens (tertiary/aromatic N) is 2. The van der Waals surface area contributed by atoms with Crippen LogP contribution >= 0.6 is 0 Å². The Balaban J connectivity index is 1.72. The highest BCUT2D eigenvalue weighted by molar-refractivity contribution is 7.91. The standard InChI is InChI=1S/C27H29F5N4O5S/c1-42(39,40)16-23(37)34-14-21-20(22-7-4-18(13-33-22)24(28)29)12-26(27(30,31)32,35-25(21)38)19-5-2-17(3-6-19)15-36-8-10-41-11-9-36/h2-7,13,24H,8-12,14-16H2,1H3,(H,34,37)(H,35,38)/t26-/m0/s1. The highest BCUT2D eigenvalue weighted by atomic mass is 32.2. The third kappa shape index (κ3) is 7.31. The van der Waals surface area contributed by atoms with Gasteiger partial charge in [-0.2, -0.15) is 13.2 Å². The smallest absolute Gasteiger partial charge is 0.379 e. The number of carbonyl (C=O) groups is 2. The Labute approximate surface area is 239 Å². The molecule has 2 aromatic rings. The summed E-state index contributed by atoms with van der Waals surface area (Å²) >= 11 is 0. The largest absolute Gasteiger partial charge is 0.416 e. The lowest BCUT2D eigenvalue weighted by Crippen LogP contribution is -2.59. The molecule has 2 N–H and O–H groups in total. The van der Waals surface area contributed by atoms with Crippen LogP contribution in [0.2, 0.25) is 0 Å². The first-order chi connectivity index (χ1) is 19.7. The summed E-state index contributed by atoms with van der Waals surface area (Å²) in [6.45, 7) is 2.36. The number of aromatic nitrogens is 1. The van der Waals surface area contributed by atoms with Gasteiger partial charge in [-0.3, -0.25) is 19.5 Å². The molecule has 15 heteroatoms. The minimum atomic E-state index is -5.01. The fourth-order valence-corrected chi connectivity index (χ4v) is 5.44. The van der Waals surface area contributed by atoms with E-state index in [1.54, 1.807) is 12.1 Å². The second-order valence-corrected chi connectivity index (χ2v) is 12.3. The van der Waals surface area contributed by atoms with Crippen LogP contribution in [0, 0.1) is 0 Å². The zero-order chi connectivity index (χ0) is 30.7. The van der Waals surface area contributed by atoms with Crippen molar-refractivity contribution in [1.82, 2.24) is 20.5 Å². The molecule has 3 heterocycles. The maximum atomic E-state index is 14.9. The number of pyridine rings is 1. The lowest BCUT2D eigenvalue weighted by molar-refractivity contribution is -0.201. The van der Waals surface area contributed by atoms with E-state index < -0.39 is 64.1 Å². The molecular formula is C27H29F5N4O5S. The van der Waals surface area contributed by atoms with Crippen LogP contribution in [0.5, 0.6) is 0 Å². The number of ether oxygens (including phenoxy) is 1. The predicted molar refractivity (Wildman–Crippen MR) is 142 cm³/mol. The summed E-state index contributed by atoms with van der Waals surface area (Å²) in [6, 6.07) is 7.73. The molecule has 1 aromatic heterocycles. The number of hydrogen-bond acceptors (Lipinski definition) is 7. The van der Waals surface area contributed by atoms with Crippen molar-refractivity contribution >= 4 is 27.2 Å². The molecule has 0 aliphatic carbocycles. The third-order valence-corrected chi connectivity index (χ3v) is 7.84. The molecule has 1 saturated heterocycles. The Kier molecular flexibility index (Phi) is 9.33. The average Bonchev–Trinajstić information content (AvgIpc) is 2.91. The van der Waals surface area contributed by atoms with Crippen LogP contribution < -0.4 is 10.6 Å². The summed E-state index contributed by atoms with van der Waals surface area (Å²) in [5.41, 5.74) is -3.57. The molecule has 0 bridgehead atoms. The second-order valence-electron chi connectivity index (χ2n) is 10.2. The molecule has 9 nitrogen and oxygen atoms in total. The van der Waals surface area contributed by atoms with Gasteiger partial charge < -0.3 is 15.4 Å². The van der Waals surface area contributed by atoms with Crippen LogP contribution in [-0.2, 0) is 36.2 Å². The zero-order valence-corrected chi connectivity index (χ0v) is 23.3. The molecule has 42 heavy (non-hydrogen) atoms. The van der Waals surface area contributed by atoms with Crippen LogP contribution in [-0.4, -0.2) is 81.1 Å². The molecule has 0 spiro atoms. The summed E-state index contributed by atoms with van der Waals surface area (Å²) in [6.07, 6.45) is -7.12. The Morgan fingerprint density at radius 3 is 2.36 bits per heavy atom. The Morgan fingerprint density at radius 2 is 1.81 bits per heavy atom. The number of carbonyl (C=O) groups excluding carboxylic acids is 2. The van der Waals surface area contributed by atoms with Gasteiger partial charge in [-0.05, 0) is 28.8 Å². The molecule has 0 radical (unpaired) electrons. The van der Waals surface area contributed by atoms with Gasteiger partial charge in [-0.25, -0.2) is 17.2 Å². The highest BCUT2D eigenvalue weighted by Crippen LogP contribution is 2.48. The predicted octanol–water partition coefficient (Wildman–Crippen LogP) is 2.74. The van der Waals surface area contributed by atoms with Gasteiger partial charge in [0.05, 0.1) is 18.9 Å². The van der Waals surface area contributed by atoms with Gasteiger partial charge in [0.2, 0.25) is 11.8 Å². The van der Waals surface area contributed by atoms with Crippen molar-refractivity contribution in [3.05, 3.63) is 70.6 Å². The van der Waals surface area contributed by atoms with E-state index in [0.717, 1.165) is 30.1 Å². The van der Waals surface area contributed by atoms with Crippen LogP contribution in [0.25, 0.3) is 5.57 Å². The van der Waals surface area contributed by atoms with E-state index >= 15 is 0 Å². The van der Waals surface area contributed by atoms with E-state index in [1.807, 2.05) is 0 Å². The topological polar surface area (TPSA) is 118 Å². The molecule has 2 aliphatic rings. The van der Waals surface area contributed by atoms with Crippen LogP contribution in [0.1, 0.15) is 35.2 Å². The van der Waals surface area contributed by atoms with Gasteiger partial charge in [0.1, 0.15) is 5.75 Å². The number of halogens is 5. The summed E-state index contributed by atoms with van der Waals surface area (Å²) < 4.78 is 99.2. The second kappa shape index (κ2) is 12.4. The molecule has 1 aromatic carbocycles.